The first kappa shape index (κ1) is 13.1. The predicted octanol–water partition coefficient (Wildman–Crippen LogP) is 3.12. The average Bonchev–Trinajstić information content (AvgIpc) is 2.29. The number of rotatable bonds is 2. The van der Waals surface area contributed by atoms with E-state index in [0.717, 1.165) is 28.4 Å². The van der Waals surface area contributed by atoms with Crippen molar-refractivity contribution in [2.75, 3.05) is 13.2 Å². The van der Waals surface area contributed by atoms with Crippen LogP contribution in [0, 0.1) is 0 Å². The fraction of sp³-hybridized carbons (Fsp3) is 0.417. The summed E-state index contributed by atoms with van der Waals surface area (Å²) in [5.74, 6) is -0.0532. The van der Waals surface area contributed by atoms with Gasteiger partial charge >= 0.3 is 0 Å². The summed E-state index contributed by atoms with van der Waals surface area (Å²) in [4.78, 5) is 12.0. The molecule has 1 fully saturated rings. The highest BCUT2D eigenvalue weighted by Gasteiger charge is 2.17. The van der Waals surface area contributed by atoms with Gasteiger partial charge in [-0.1, -0.05) is 31.9 Å². The first-order valence-electron chi connectivity index (χ1n) is 5.50. The fourth-order valence-corrected chi connectivity index (χ4v) is 3.10. The van der Waals surface area contributed by atoms with Crippen LogP contribution in [0.1, 0.15) is 23.2 Å². The lowest BCUT2D eigenvalue weighted by atomic mass is 10.1. The molecule has 3 nitrogen and oxygen atoms in total. The van der Waals surface area contributed by atoms with Crippen LogP contribution >= 0.6 is 31.9 Å². The van der Waals surface area contributed by atoms with E-state index in [1.165, 1.54) is 0 Å². The average molecular weight is 363 g/mol. The Morgan fingerprint density at radius 1 is 1.29 bits per heavy atom. The fourth-order valence-electron chi connectivity index (χ4n) is 1.81. The van der Waals surface area contributed by atoms with Crippen LogP contribution in [-0.4, -0.2) is 25.2 Å². The Balaban J connectivity index is 2.03. The molecule has 1 aliphatic heterocycles. The van der Waals surface area contributed by atoms with Crippen LogP contribution in [0.5, 0.6) is 0 Å². The van der Waals surface area contributed by atoms with Gasteiger partial charge in [0.05, 0.1) is 12.6 Å². The smallest absolute Gasteiger partial charge is 0.251 e. The van der Waals surface area contributed by atoms with Crippen molar-refractivity contribution >= 4 is 37.8 Å². The molecule has 1 saturated heterocycles. The molecule has 92 valence electrons. The zero-order valence-electron chi connectivity index (χ0n) is 9.21. The predicted molar refractivity (Wildman–Crippen MR) is 73.1 cm³/mol. The molecular formula is C12H13Br2NO2. The van der Waals surface area contributed by atoms with Gasteiger partial charge in [-0.05, 0) is 31.0 Å². The number of nitrogens with one attached hydrogen (secondary N) is 1. The number of carbonyl (C=O) groups is 1. The van der Waals surface area contributed by atoms with Crippen LogP contribution in [-0.2, 0) is 4.74 Å². The van der Waals surface area contributed by atoms with Crippen molar-refractivity contribution in [3.63, 3.8) is 0 Å². The summed E-state index contributed by atoms with van der Waals surface area (Å²) in [6.07, 6.45) is 1.99. The Labute approximate surface area is 117 Å². The number of amides is 1. The number of benzene rings is 1. The molecule has 1 amide bonds. The maximum atomic E-state index is 12.0. The summed E-state index contributed by atoms with van der Waals surface area (Å²) in [6, 6.07) is 5.66. The topological polar surface area (TPSA) is 38.3 Å². The van der Waals surface area contributed by atoms with Gasteiger partial charge in [-0.3, -0.25) is 4.79 Å². The monoisotopic (exact) mass is 361 g/mol. The Hall–Kier alpha value is -0.390. The quantitative estimate of drug-likeness (QED) is 0.877. The number of ether oxygens (including phenoxy) is 1. The third-order valence-electron chi connectivity index (χ3n) is 2.62. The maximum absolute atomic E-state index is 12.0. The van der Waals surface area contributed by atoms with Crippen LogP contribution in [0.15, 0.2) is 27.1 Å². The van der Waals surface area contributed by atoms with Gasteiger partial charge in [-0.2, -0.15) is 0 Å². The Morgan fingerprint density at radius 3 is 2.59 bits per heavy atom. The standard InChI is InChI=1S/C12H13Br2NO2/c13-9-4-8(5-10(14)6-9)12(16)15-11-2-1-3-17-7-11/h4-6,11H,1-3,7H2,(H,15,16). The summed E-state index contributed by atoms with van der Waals surface area (Å²) in [5.41, 5.74) is 0.650. The van der Waals surface area contributed by atoms with Crippen molar-refractivity contribution in [1.29, 1.82) is 0 Å². The second-order valence-electron chi connectivity index (χ2n) is 4.05. The number of carbonyl (C=O) groups excluding carboxylic acids is 1. The minimum absolute atomic E-state index is 0.0532. The van der Waals surface area contributed by atoms with E-state index in [0.29, 0.717) is 12.2 Å². The van der Waals surface area contributed by atoms with Gasteiger partial charge in [0, 0.05) is 21.1 Å². The lowest BCUT2D eigenvalue weighted by Gasteiger charge is -2.23. The van der Waals surface area contributed by atoms with Crippen molar-refractivity contribution in [3.05, 3.63) is 32.7 Å². The summed E-state index contributed by atoms with van der Waals surface area (Å²) < 4.78 is 7.11. The van der Waals surface area contributed by atoms with E-state index in [2.05, 4.69) is 37.2 Å². The molecule has 1 aromatic rings. The Kier molecular flexibility index (Phi) is 4.59. The normalized spacial score (nSPS) is 20.0. The molecule has 1 atom stereocenters. The number of hydrogen-bond donors (Lipinski definition) is 1. The third-order valence-corrected chi connectivity index (χ3v) is 3.54. The zero-order chi connectivity index (χ0) is 12.3. The Morgan fingerprint density at radius 2 is 2.00 bits per heavy atom. The first-order valence-corrected chi connectivity index (χ1v) is 7.08. The minimum atomic E-state index is -0.0532. The molecule has 0 radical (unpaired) electrons. The van der Waals surface area contributed by atoms with E-state index in [4.69, 9.17) is 4.74 Å². The molecule has 17 heavy (non-hydrogen) atoms. The van der Waals surface area contributed by atoms with E-state index in [9.17, 15) is 4.79 Å². The van der Waals surface area contributed by atoms with E-state index >= 15 is 0 Å². The second kappa shape index (κ2) is 5.98. The first-order chi connectivity index (χ1) is 8.15. The highest BCUT2D eigenvalue weighted by molar-refractivity contribution is 9.11. The van der Waals surface area contributed by atoms with Crippen LogP contribution < -0.4 is 5.32 Å². The number of hydrogen-bond acceptors (Lipinski definition) is 2. The van der Waals surface area contributed by atoms with Crippen molar-refractivity contribution in [2.24, 2.45) is 0 Å². The second-order valence-corrected chi connectivity index (χ2v) is 5.88. The summed E-state index contributed by atoms with van der Waals surface area (Å²) in [5, 5.41) is 2.98. The van der Waals surface area contributed by atoms with Crippen LogP contribution in [0.3, 0.4) is 0 Å². The van der Waals surface area contributed by atoms with Crippen LogP contribution in [0.25, 0.3) is 0 Å². The molecule has 0 saturated carbocycles. The van der Waals surface area contributed by atoms with Gasteiger partial charge in [0.15, 0.2) is 0 Å². The molecule has 0 aliphatic carbocycles. The van der Waals surface area contributed by atoms with Gasteiger partial charge in [-0.15, -0.1) is 0 Å². The van der Waals surface area contributed by atoms with Crippen LogP contribution in [0.4, 0.5) is 0 Å². The van der Waals surface area contributed by atoms with E-state index in [1.54, 1.807) is 0 Å². The van der Waals surface area contributed by atoms with Crippen molar-refractivity contribution in [3.8, 4) is 0 Å². The van der Waals surface area contributed by atoms with Gasteiger partial charge in [-0.25, -0.2) is 0 Å². The highest BCUT2D eigenvalue weighted by Crippen LogP contribution is 2.20. The molecule has 0 spiro atoms. The number of halogens is 2. The molecule has 1 aliphatic rings. The molecule has 5 heteroatoms. The Bertz CT molecular complexity index is 397. The lowest BCUT2D eigenvalue weighted by Crippen LogP contribution is -2.40. The molecule has 1 heterocycles. The summed E-state index contributed by atoms with van der Waals surface area (Å²) in [6.45, 7) is 1.41. The molecule has 2 rings (SSSR count). The van der Waals surface area contributed by atoms with Gasteiger partial charge in [0.1, 0.15) is 0 Å². The van der Waals surface area contributed by atoms with E-state index < -0.39 is 0 Å². The molecule has 0 aromatic heterocycles. The molecule has 1 aromatic carbocycles. The SMILES string of the molecule is O=C(NC1CCCOC1)c1cc(Br)cc(Br)c1. The highest BCUT2D eigenvalue weighted by atomic mass is 79.9. The maximum Gasteiger partial charge on any atom is 0.251 e. The zero-order valence-corrected chi connectivity index (χ0v) is 12.4. The van der Waals surface area contributed by atoms with E-state index in [1.807, 2.05) is 18.2 Å². The van der Waals surface area contributed by atoms with Crippen molar-refractivity contribution in [1.82, 2.24) is 5.32 Å². The van der Waals surface area contributed by atoms with Gasteiger partial charge in [0.25, 0.3) is 5.91 Å². The third kappa shape index (κ3) is 3.79. The largest absolute Gasteiger partial charge is 0.379 e. The lowest BCUT2D eigenvalue weighted by molar-refractivity contribution is 0.0624. The van der Waals surface area contributed by atoms with Crippen molar-refractivity contribution in [2.45, 2.75) is 18.9 Å². The molecular weight excluding hydrogens is 350 g/mol. The minimum Gasteiger partial charge on any atom is -0.379 e. The van der Waals surface area contributed by atoms with Crippen LogP contribution in [0.2, 0.25) is 0 Å². The summed E-state index contributed by atoms with van der Waals surface area (Å²) >= 11 is 6.74. The van der Waals surface area contributed by atoms with Crippen molar-refractivity contribution < 1.29 is 9.53 Å². The molecule has 0 bridgehead atoms. The molecule has 1 N–H and O–H groups in total. The van der Waals surface area contributed by atoms with Gasteiger partial charge in [0.2, 0.25) is 0 Å². The van der Waals surface area contributed by atoms with Gasteiger partial charge < -0.3 is 10.1 Å². The summed E-state index contributed by atoms with van der Waals surface area (Å²) in [7, 11) is 0. The molecule has 1 unspecified atom stereocenters. The van der Waals surface area contributed by atoms with E-state index in [-0.39, 0.29) is 11.9 Å².